The van der Waals surface area contributed by atoms with E-state index in [0.717, 1.165) is 6.54 Å². The molecule has 0 aromatic rings. The van der Waals surface area contributed by atoms with E-state index in [1.165, 1.54) is 39.0 Å². The number of aliphatic hydroxyl groups excluding tert-OH is 1. The highest BCUT2D eigenvalue weighted by Crippen LogP contribution is 2.36. The molecule has 4 fully saturated rings. The minimum atomic E-state index is -0.0388. The van der Waals surface area contributed by atoms with Gasteiger partial charge in [-0.15, -0.1) is 0 Å². The van der Waals surface area contributed by atoms with Gasteiger partial charge in [0.1, 0.15) is 0 Å². The summed E-state index contributed by atoms with van der Waals surface area (Å²) in [5.74, 6) is 0.630. The van der Waals surface area contributed by atoms with Crippen molar-refractivity contribution >= 4 is 0 Å². The summed E-state index contributed by atoms with van der Waals surface area (Å²) >= 11 is 0. The Hall–Kier alpha value is -0.120. The monoisotopic (exact) mass is 182 g/mol. The van der Waals surface area contributed by atoms with Crippen molar-refractivity contribution in [2.75, 3.05) is 32.7 Å². The molecular weight excluding hydrogens is 164 g/mol. The van der Waals surface area contributed by atoms with E-state index in [9.17, 15) is 5.11 Å². The lowest BCUT2D eigenvalue weighted by Crippen LogP contribution is -2.64. The van der Waals surface area contributed by atoms with Gasteiger partial charge in [0.25, 0.3) is 0 Å². The smallest absolute Gasteiger partial charge is 0.0735 e. The molecule has 2 atom stereocenters. The third-order valence-corrected chi connectivity index (χ3v) is 3.82. The minimum absolute atomic E-state index is 0.0388. The predicted molar refractivity (Wildman–Crippen MR) is 50.5 cm³/mol. The standard InChI is InChI=1S/C10H18N2O/c13-10(8-1-2-8)9-7-11-3-5-12(9)6-4-11/h8-10,13H,1-7H2. The van der Waals surface area contributed by atoms with Crippen molar-refractivity contribution in [3.8, 4) is 0 Å². The van der Waals surface area contributed by atoms with Crippen LogP contribution in [-0.2, 0) is 0 Å². The second-order valence-corrected chi connectivity index (χ2v) is 4.73. The summed E-state index contributed by atoms with van der Waals surface area (Å²) in [6.45, 7) is 5.89. The molecule has 4 rings (SSSR count). The van der Waals surface area contributed by atoms with E-state index in [1.807, 2.05) is 0 Å². The summed E-state index contributed by atoms with van der Waals surface area (Å²) < 4.78 is 0. The Labute approximate surface area is 79.3 Å². The summed E-state index contributed by atoms with van der Waals surface area (Å²) in [6, 6.07) is 0.454. The van der Waals surface area contributed by atoms with Gasteiger partial charge in [-0.1, -0.05) is 0 Å². The van der Waals surface area contributed by atoms with E-state index in [-0.39, 0.29) is 6.10 Å². The number of fused-ring (bicyclic) bond motifs is 3. The number of aliphatic hydroxyl groups is 1. The molecule has 3 nitrogen and oxygen atoms in total. The third kappa shape index (κ3) is 1.39. The van der Waals surface area contributed by atoms with Gasteiger partial charge in [0.15, 0.2) is 0 Å². The summed E-state index contributed by atoms with van der Waals surface area (Å²) in [4.78, 5) is 4.99. The van der Waals surface area contributed by atoms with Gasteiger partial charge >= 0.3 is 0 Å². The Morgan fingerprint density at radius 3 is 2.23 bits per heavy atom. The van der Waals surface area contributed by atoms with Crippen LogP contribution in [0.5, 0.6) is 0 Å². The fourth-order valence-electron chi connectivity index (χ4n) is 2.73. The first-order valence-corrected chi connectivity index (χ1v) is 5.49. The zero-order valence-corrected chi connectivity index (χ0v) is 8.02. The van der Waals surface area contributed by atoms with Crippen LogP contribution in [0.4, 0.5) is 0 Å². The molecule has 0 aromatic carbocycles. The topological polar surface area (TPSA) is 26.7 Å². The summed E-state index contributed by atoms with van der Waals surface area (Å²) in [6.07, 6.45) is 2.47. The van der Waals surface area contributed by atoms with Gasteiger partial charge in [-0.05, 0) is 18.8 Å². The van der Waals surface area contributed by atoms with E-state index in [1.54, 1.807) is 0 Å². The maximum atomic E-state index is 10.1. The SMILES string of the molecule is OC(C1CC1)C1CN2CCN1CC2. The highest BCUT2D eigenvalue weighted by atomic mass is 16.3. The average Bonchev–Trinajstić information content (AvgIpc) is 3.02. The first-order chi connectivity index (χ1) is 6.34. The van der Waals surface area contributed by atoms with Crippen molar-refractivity contribution in [1.82, 2.24) is 9.80 Å². The first-order valence-electron chi connectivity index (χ1n) is 5.49. The van der Waals surface area contributed by atoms with Crippen LogP contribution in [0.1, 0.15) is 12.8 Å². The van der Waals surface area contributed by atoms with Crippen molar-refractivity contribution in [2.45, 2.75) is 25.0 Å². The van der Waals surface area contributed by atoms with Crippen LogP contribution >= 0.6 is 0 Å². The van der Waals surface area contributed by atoms with Crippen LogP contribution in [0.25, 0.3) is 0 Å². The third-order valence-electron chi connectivity index (χ3n) is 3.82. The highest BCUT2D eigenvalue weighted by Gasteiger charge is 2.42. The summed E-state index contributed by atoms with van der Waals surface area (Å²) in [7, 11) is 0. The quantitative estimate of drug-likeness (QED) is 0.638. The van der Waals surface area contributed by atoms with Crippen LogP contribution in [-0.4, -0.2) is 59.8 Å². The maximum Gasteiger partial charge on any atom is 0.0735 e. The lowest BCUT2D eigenvalue weighted by molar-refractivity contribution is -0.0525. The minimum Gasteiger partial charge on any atom is -0.391 e. The van der Waals surface area contributed by atoms with Crippen LogP contribution in [0.15, 0.2) is 0 Å². The fourth-order valence-corrected chi connectivity index (χ4v) is 2.73. The molecule has 74 valence electrons. The van der Waals surface area contributed by atoms with E-state index < -0.39 is 0 Å². The lowest BCUT2D eigenvalue weighted by atomic mass is 9.99. The summed E-state index contributed by atoms with van der Waals surface area (Å²) in [5.41, 5.74) is 0. The average molecular weight is 182 g/mol. The van der Waals surface area contributed by atoms with Gasteiger partial charge in [-0.25, -0.2) is 0 Å². The van der Waals surface area contributed by atoms with Gasteiger partial charge in [-0.3, -0.25) is 9.80 Å². The molecule has 2 unspecified atom stereocenters. The number of hydrogen-bond donors (Lipinski definition) is 1. The van der Waals surface area contributed by atoms with Crippen LogP contribution in [0.3, 0.4) is 0 Å². The van der Waals surface area contributed by atoms with Crippen molar-refractivity contribution in [3.05, 3.63) is 0 Å². The molecule has 0 spiro atoms. The molecule has 3 heterocycles. The number of piperazine rings is 3. The van der Waals surface area contributed by atoms with E-state index in [4.69, 9.17) is 0 Å². The van der Waals surface area contributed by atoms with Crippen molar-refractivity contribution in [3.63, 3.8) is 0 Å². The molecule has 0 amide bonds. The largest absolute Gasteiger partial charge is 0.391 e. The molecule has 1 N–H and O–H groups in total. The fraction of sp³-hybridized carbons (Fsp3) is 1.00. The Morgan fingerprint density at radius 1 is 1.08 bits per heavy atom. The molecule has 1 aliphatic carbocycles. The van der Waals surface area contributed by atoms with Gasteiger partial charge in [-0.2, -0.15) is 0 Å². The van der Waals surface area contributed by atoms with Crippen LogP contribution in [0.2, 0.25) is 0 Å². The zero-order valence-electron chi connectivity index (χ0n) is 8.02. The molecule has 1 saturated carbocycles. The molecule has 3 saturated heterocycles. The molecule has 3 heteroatoms. The van der Waals surface area contributed by atoms with Crippen LogP contribution in [0, 0.1) is 5.92 Å². The molecule has 3 aliphatic heterocycles. The van der Waals surface area contributed by atoms with Gasteiger partial charge < -0.3 is 5.11 Å². The van der Waals surface area contributed by atoms with Gasteiger partial charge in [0.05, 0.1) is 6.10 Å². The predicted octanol–water partition coefficient (Wildman–Crippen LogP) is -0.243. The van der Waals surface area contributed by atoms with Gasteiger partial charge in [0, 0.05) is 38.8 Å². The Morgan fingerprint density at radius 2 is 1.77 bits per heavy atom. The molecule has 2 bridgehead atoms. The highest BCUT2D eigenvalue weighted by molar-refractivity contribution is 4.97. The second kappa shape index (κ2) is 2.94. The molecule has 0 radical (unpaired) electrons. The van der Waals surface area contributed by atoms with E-state index in [0.29, 0.717) is 12.0 Å². The molecule has 13 heavy (non-hydrogen) atoms. The maximum absolute atomic E-state index is 10.1. The van der Waals surface area contributed by atoms with Gasteiger partial charge in [0.2, 0.25) is 0 Å². The Kier molecular flexibility index (Phi) is 1.86. The Balaban J connectivity index is 1.69. The molecule has 4 aliphatic rings. The number of nitrogens with zero attached hydrogens (tertiary/aromatic N) is 2. The van der Waals surface area contributed by atoms with Crippen molar-refractivity contribution < 1.29 is 5.11 Å². The Bertz CT molecular complexity index is 195. The summed E-state index contributed by atoms with van der Waals surface area (Å²) in [5, 5.41) is 10.1. The number of rotatable bonds is 2. The van der Waals surface area contributed by atoms with E-state index >= 15 is 0 Å². The second-order valence-electron chi connectivity index (χ2n) is 4.73. The first kappa shape index (κ1) is 8.21. The normalized spacial score (nSPS) is 46.4. The molecular formula is C10H18N2O. The van der Waals surface area contributed by atoms with Crippen molar-refractivity contribution in [1.29, 1.82) is 0 Å². The number of hydrogen-bond acceptors (Lipinski definition) is 3. The van der Waals surface area contributed by atoms with E-state index in [2.05, 4.69) is 9.80 Å². The van der Waals surface area contributed by atoms with Crippen LogP contribution < -0.4 is 0 Å². The zero-order chi connectivity index (χ0) is 8.84. The molecule has 0 aromatic heterocycles. The lowest BCUT2D eigenvalue weighted by Gasteiger charge is -2.49. The van der Waals surface area contributed by atoms with Crippen molar-refractivity contribution in [2.24, 2.45) is 5.92 Å².